The van der Waals surface area contributed by atoms with E-state index in [1.807, 2.05) is 0 Å². The first-order chi connectivity index (χ1) is 15.8. The second-order valence-electron chi connectivity index (χ2n) is 8.21. The maximum absolute atomic E-state index is 2.28. The normalized spacial score (nSPS) is 10.8. The summed E-state index contributed by atoms with van der Waals surface area (Å²) in [6, 6.07) is 43.2. The van der Waals surface area contributed by atoms with Gasteiger partial charge in [0.15, 0.2) is 0 Å². The van der Waals surface area contributed by atoms with E-state index in [0.717, 1.165) is 0 Å². The van der Waals surface area contributed by atoms with Crippen molar-refractivity contribution < 1.29 is 0 Å². The zero-order valence-corrected chi connectivity index (χ0v) is 18.5. The molecule has 0 bridgehead atoms. The molecule has 0 N–H and O–H groups in total. The summed E-state index contributed by atoms with van der Waals surface area (Å²) in [6.07, 6.45) is 0. The van der Waals surface area contributed by atoms with Crippen LogP contribution in [0, 0.1) is 13.8 Å². The third-order valence-corrected chi connectivity index (χ3v) is 6.25. The van der Waals surface area contributed by atoms with E-state index in [9.17, 15) is 0 Å². The van der Waals surface area contributed by atoms with Crippen LogP contribution in [-0.2, 0) is 0 Å². The molecule has 0 atom stereocenters. The third kappa shape index (κ3) is 3.55. The van der Waals surface area contributed by atoms with Crippen LogP contribution in [0.3, 0.4) is 0 Å². The van der Waals surface area contributed by atoms with Gasteiger partial charge in [-0.05, 0) is 69.5 Å². The summed E-state index contributed by atoms with van der Waals surface area (Å²) in [5, 5.41) is 0. The van der Waals surface area contributed by atoms with Gasteiger partial charge in [-0.15, -0.1) is 0 Å². The van der Waals surface area contributed by atoms with E-state index in [-0.39, 0.29) is 0 Å². The van der Waals surface area contributed by atoms with Crippen molar-refractivity contribution in [1.82, 2.24) is 0 Å². The van der Waals surface area contributed by atoms with Crippen molar-refractivity contribution in [3.8, 4) is 44.5 Å². The zero-order chi connectivity index (χ0) is 21.9. The fraction of sp³-hybridized carbons (Fsp3) is 0.0625. The molecular formula is C32H26. The highest BCUT2D eigenvalue weighted by Crippen LogP contribution is 2.48. The maximum atomic E-state index is 2.28. The lowest BCUT2D eigenvalue weighted by atomic mass is 9.78. The third-order valence-electron chi connectivity index (χ3n) is 6.25. The van der Waals surface area contributed by atoms with Gasteiger partial charge in [0.05, 0.1) is 0 Å². The topological polar surface area (TPSA) is 0 Å². The van der Waals surface area contributed by atoms with Crippen LogP contribution in [0.4, 0.5) is 0 Å². The molecule has 0 aliphatic carbocycles. The first-order valence-electron chi connectivity index (χ1n) is 11.1. The van der Waals surface area contributed by atoms with Gasteiger partial charge in [0, 0.05) is 0 Å². The van der Waals surface area contributed by atoms with Gasteiger partial charge in [-0.3, -0.25) is 0 Å². The molecule has 0 aromatic heterocycles. The Hall–Kier alpha value is -3.90. The molecule has 0 saturated heterocycles. The van der Waals surface area contributed by atoms with Crippen LogP contribution in [0.15, 0.2) is 121 Å². The Kier molecular flexibility index (Phi) is 5.44. The summed E-state index contributed by atoms with van der Waals surface area (Å²) in [5.74, 6) is 0. The molecule has 32 heavy (non-hydrogen) atoms. The van der Waals surface area contributed by atoms with Crippen molar-refractivity contribution >= 4 is 0 Å². The summed E-state index contributed by atoms with van der Waals surface area (Å²) >= 11 is 0. The van der Waals surface area contributed by atoms with Gasteiger partial charge in [-0.2, -0.15) is 0 Å². The fourth-order valence-electron chi connectivity index (χ4n) is 4.89. The summed E-state index contributed by atoms with van der Waals surface area (Å²) in [5.41, 5.74) is 12.9. The minimum Gasteiger partial charge on any atom is -0.0622 e. The van der Waals surface area contributed by atoms with Gasteiger partial charge >= 0.3 is 0 Å². The molecule has 0 heterocycles. The van der Waals surface area contributed by atoms with Gasteiger partial charge < -0.3 is 0 Å². The second kappa shape index (κ2) is 8.69. The minimum atomic E-state index is 1.25. The molecule has 0 fully saturated rings. The lowest BCUT2D eigenvalue weighted by Gasteiger charge is -2.25. The molecule has 0 unspecified atom stereocenters. The van der Waals surface area contributed by atoms with E-state index in [1.165, 1.54) is 55.6 Å². The molecule has 5 aromatic carbocycles. The first kappa shape index (κ1) is 20.0. The van der Waals surface area contributed by atoms with E-state index in [0.29, 0.717) is 0 Å². The fourth-order valence-corrected chi connectivity index (χ4v) is 4.89. The number of hydrogen-bond acceptors (Lipinski definition) is 0. The number of hydrogen-bond donors (Lipinski definition) is 0. The quantitative estimate of drug-likeness (QED) is 0.277. The Bertz CT molecular complexity index is 1270. The summed E-state index contributed by atoms with van der Waals surface area (Å²) < 4.78 is 0. The van der Waals surface area contributed by atoms with Gasteiger partial charge in [-0.25, -0.2) is 0 Å². The van der Waals surface area contributed by atoms with E-state index in [4.69, 9.17) is 0 Å². The van der Waals surface area contributed by atoms with Gasteiger partial charge in [-0.1, -0.05) is 121 Å². The highest BCUT2D eigenvalue weighted by atomic mass is 14.3. The SMILES string of the molecule is Cc1c(-c2ccccc2)c(C)c(-c2ccccc2)c(-c2ccccc2)c1-c1ccccc1. The molecule has 0 radical (unpaired) electrons. The highest BCUT2D eigenvalue weighted by molar-refractivity contribution is 6.01. The van der Waals surface area contributed by atoms with Crippen molar-refractivity contribution in [3.63, 3.8) is 0 Å². The Balaban J connectivity index is 1.99. The van der Waals surface area contributed by atoms with Crippen LogP contribution in [0.1, 0.15) is 11.1 Å². The minimum absolute atomic E-state index is 1.25. The number of benzene rings is 5. The maximum Gasteiger partial charge on any atom is -0.00210 e. The smallest absolute Gasteiger partial charge is 0.00210 e. The van der Waals surface area contributed by atoms with Crippen molar-refractivity contribution in [2.24, 2.45) is 0 Å². The van der Waals surface area contributed by atoms with Crippen molar-refractivity contribution in [1.29, 1.82) is 0 Å². The van der Waals surface area contributed by atoms with E-state index < -0.39 is 0 Å². The van der Waals surface area contributed by atoms with E-state index >= 15 is 0 Å². The monoisotopic (exact) mass is 410 g/mol. The Morgan fingerprint density at radius 1 is 0.281 bits per heavy atom. The van der Waals surface area contributed by atoms with E-state index in [2.05, 4.69) is 135 Å². The number of rotatable bonds is 4. The molecule has 0 heteroatoms. The Morgan fingerprint density at radius 2 is 0.531 bits per heavy atom. The van der Waals surface area contributed by atoms with Gasteiger partial charge in [0.1, 0.15) is 0 Å². The van der Waals surface area contributed by atoms with Crippen LogP contribution >= 0.6 is 0 Å². The summed E-state index contributed by atoms with van der Waals surface area (Å²) in [6.45, 7) is 4.55. The molecule has 5 aromatic rings. The second-order valence-corrected chi connectivity index (χ2v) is 8.21. The van der Waals surface area contributed by atoms with Crippen molar-refractivity contribution in [3.05, 3.63) is 132 Å². The van der Waals surface area contributed by atoms with Crippen LogP contribution in [0.25, 0.3) is 44.5 Å². The predicted molar refractivity (Wildman–Crippen MR) is 138 cm³/mol. The Morgan fingerprint density at radius 3 is 0.844 bits per heavy atom. The molecule has 154 valence electrons. The van der Waals surface area contributed by atoms with Crippen molar-refractivity contribution in [2.45, 2.75) is 13.8 Å². The van der Waals surface area contributed by atoms with Gasteiger partial charge in [0.2, 0.25) is 0 Å². The van der Waals surface area contributed by atoms with Gasteiger partial charge in [0.25, 0.3) is 0 Å². The highest BCUT2D eigenvalue weighted by Gasteiger charge is 2.23. The van der Waals surface area contributed by atoms with Crippen LogP contribution < -0.4 is 0 Å². The largest absolute Gasteiger partial charge is 0.0622 e. The zero-order valence-electron chi connectivity index (χ0n) is 18.5. The average Bonchev–Trinajstić information content (AvgIpc) is 2.86. The molecule has 0 amide bonds. The first-order valence-corrected chi connectivity index (χ1v) is 11.1. The molecular weight excluding hydrogens is 384 g/mol. The summed E-state index contributed by atoms with van der Waals surface area (Å²) in [4.78, 5) is 0. The molecule has 0 spiro atoms. The molecule has 0 saturated carbocycles. The molecule has 0 aliphatic rings. The lowest BCUT2D eigenvalue weighted by Crippen LogP contribution is -2.01. The standard InChI is InChI=1S/C32H26/c1-23-29(25-15-7-3-8-16-25)24(2)31(27-19-11-5-12-20-27)32(28-21-13-6-14-22-28)30(23)26-17-9-4-10-18-26/h3-22H,1-2H3. The molecule has 5 rings (SSSR count). The average molecular weight is 411 g/mol. The summed E-state index contributed by atoms with van der Waals surface area (Å²) in [7, 11) is 0. The molecule has 0 aliphatic heterocycles. The lowest BCUT2D eigenvalue weighted by molar-refractivity contribution is 1.37. The van der Waals surface area contributed by atoms with Crippen molar-refractivity contribution in [2.75, 3.05) is 0 Å². The van der Waals surface area contributed by atoms with Crippen LogP contribution in [0.2, 0.25) is 0 Å². The predicted octanol–water partition coefficient (Wildman–Crippen LogP) is 8.97. The Labute approximate surface area is 190 Å². The van der Waals surface area contributed by atoms with Crippen LogP contribution in [-0.4, -0.2) is 0 Å². The van der Waals surface area contributed by atoms with Crippen LogP contribution in [0.5, 0.6) is 0 Å². The van der Waals surface area contributed by atoms with E-state index in [1.54, 1.807) is 0 Å². The molecule has 0 nitrogen and oxygen atoms in total.